The van der Waals surface area contributed by atoms with Crippen LogP contribution in [0.3, 0.4) is 0 Å². The fourth-order valence-corrected chi connectivity index (χ4v) is 1.51. The van der Waals surface area contributed by atoms with E-state index in [0.29, 0.717) is 18.4 Å². The van der Waals surface area contributed by atoms with E-state index < -0.39 is 23.5 Å². The summed E-state index contributed by atoms with van der Waals surface area (Å²) in [5, 5.41) is 0. The van der Waals surface area contributed by atoms with Gasteiger partial charge in [0.1, 0.15) is 5.82 Å². The number of benzene rings is 1. The van der Waals surface area contributed by atoms with Crippen molar-refractivity contribution in [3.63, 3.8) is 0 Å². The summed E-state index contributed by atoms with van der Waals surface area (Å²) in [6.07, 6.45) is 1.30. The molecule has 0 saturated carbocycles. The molecule has 90 valence electrons. The molecule has 0 radical (unpaired) electrons. The molecule has 0 aliphatic heterocycles. The van der Waals surface area contributed by atoms with Crippen molar-refractivity contribution in [3.8, 4) is 0 Å². The van der Waals surface area contributed by atoms with E-state index in [2.05, 4.69) is 0 Å². The molecule has 1 rings (SSSR count). The van der Waals surface area contributed by atoms with Crippen LogP contribution in [0.15, 0.2) is 12.1 Å². The minimum Gasteiger partial charge on any atom is -0.324 e. The standard InChI is InChI=1S/C12H16F3N/c1-7(2)3-4-11(16)9-5-8(13)6-10(14)12(9)15/h5-7,11H,3-4,16H2,1-2H3/t11-/m0/s1. The van der Waals surface area contributed by atoms with Crippen LogP contribution < -0.4 is 5.73 Å². The molecule has 0 aromatic heterocycles. The molecule has 0 spiro atoms. The smallest absolute Gasteiger partial charge is 0.163 e. The topological polar surface area (TPSA) is 26.0 Å². The Kier molecular flexibility index (Phi) is 4.35. The normalized spacial score (nSPS) is 13.2. The van der Waals surface area contributed by atoms with Crippen molar-refractivity contribution in [2.24, 2.45) is 11.7 Å². The number of hydrogen-bond donors (Lipinski definition) is 1. The van der Waals surface area contributed by atoms with E-state index in [1.165, 1.54) is 0 Å². The summed E-state index contributed by atoms with van der Waals surface area (Å²) in [4.78, 5) is 0. The first-order valence-electron chi connectivity index (χ1n) is 5.31. The molecule has 0 bridgehead atoms. The van der Waals surface area contributed by atoms with Crippen LogP contribution in [0, 0.1) is 23.4 Å². The Labute approximate surface area is 93.5 Å². The third-order valence-electron chi connectivity index (χ3n) is 2.48. The largest absolute Gasteiger partial charge is 0.324 e. The zero-order chi connectivity index (χ0) is 12.3. The van der Waals surface area contributed by atoms with Gasteiger partial charge in [-0.3, -0.25) is 0 Å². The van der Waals surface area contributed by atoms with E-state index in [9.17, 15) is 13.2 Å². The van der Waals surface area contributed by atoms with Gasteiger partial charge in [-0.1, -0.05) is 13.8 Å². The highest BCUT2D eigenvalue weighted by Crippen LogP contribution is 2.23. The Bertz CT molecular complexity index is 364. The lowest BCUT2D eigenvalue weighted by Gasteiger charge is -2.14. The van der Waals surface area contributed by atoms with Gasteiger partial charge in [0.25, 0.3) is 0 Å². The van der Waals surface area contributed by atoms with E-state index in [1.807, 2.05) is 13.8 Å². The fourth-order valence-electron chi connectivity index (χ4n) is 1.51. The second kappa shape index (κ2) is 5.34. The second-order valence-corrected chi connectivity index (χ2v) is 4.37. The zero-order valence-electron chi connectivity index (χ0n) is 9.43. The Morgan fingerprint density at radius 1 is 1.12 bits per heavy atom. The fraction of sp³-hybridized carbons (Fsp3) is 0.500. The van der Waals surface area contributed by atoms with Crippen LogP contribution in [-0.4, -0.2) is 0 Å². The molecule has 4 heteroatoms. The molecule has 0 amide bonds. The van der Waals surface area contributed by atoms with Gasteiger partial charge in [0, 0.05) is 17.7 Å². The van der Waals surface area contributed by atoms with E-state index >= 15 is 0 Å². The lowest BCUT2D eigenvalue weighted by atomic mass is 9.98. The van der Waals surface area contributed by atoms with Crippen molar-refractivity contribution in [2.75, 3.05) is 0 Å². The van der Waals surface area contributed by atoms with Gasteiger partial charge in [-0.2, -0.15) is 0 Å². The van der Waals surface area contributed by atoms with Gasteiger partial charge in [-0.05, 0) is 24.8 Å². The molecule has 0 heterocycles. The molecule has 1 nitrogen and oxygen atoms in total. The monoisotopic (exact) mass is 231 g/mol. The van der Waals surface area contributed by atoms with E-state index in [4.69, 9.17) is 5.73 Å². The molecule has 0 unspecified atom stereocenters. The molecule has 16 heavy (non-hydrogen) atoms. The SMILES string of the molecule is CC(C)CC[C@H](N)c1cc(F)cc(F)c1F. The third-order valence-corrected chi connectivity index (χ3v) is 2.48. The molecule has 0 aliphatic rings. The van der Waals surface area contributed by atoms with Crippen LogP contribution >= 0.6 is 0 Å². The van der Waals surface area contributed by atoms with Crippen molar-refractivity contribution < 1.29 is 13.2 Å². The van der Waals surface area contributed by atoms with Crippen LogP contribution in [0.1, 0.15) is 38.3 Å². The van der Waals surface area contributed by atoms with Crippen LogP contribution in [-0.2, 0) is 0 Å². The Morgan fingerprint density at radius 3 is 2.31 bits per heavy atom. The maximum atomic E-state index is 13.3. The first-order chi connectivity index (χ1) is 7.41. The summed E-state index contributed by atoms with van der Waals surface area (Å²) in [6.45, 7) is 4.02. The highest BCUT2D eigenvalue weighted by Gasteiger charge is 2.17. The van der Waals surface area contributed by atoms with Crippen LogP contribution in [0.4, 0.5) is 13.2 Å². The zero-order valence-corrected chi connectivity index (χ0v) is 9.43. The lowest BCUT2D eigenvalue weighted by Crippen LogP contribution is -2.14. The van der Waals surface area contributed by atoms with Gasteiger partial charge in [0.15, 0.2) is 11.6 Å². The quantitative estimate of drug-likeness (QED) is 0.788. The number of hydrogen-bond acceptors (Lipinski definition) is 1. The van der Waals surface area contributed by atoms with Gasteiger partial charge >= 0.3 is 0 Å². The number of rotatable bonds is 4. The van der Waals surface area contributed by atoms with Crippen molar-refractivity contribution in [1.29, 1.82) is 0 Å². The third kappa shape index (κ3) is 3.23. The lowest BCUT2D eigenvalue weighted by molar-refractivity contribution is 0.454. The van der Waals surface area contributed by atoms with Crippen molar-refractivity contribution in [2.45, 2.75) is 32.7 Å². The van der Waals surface area contributed by atoms with Crippen LogP contribution in [0.5, 0.6) is 0 Å². The highest BCUT2D eigenvalue weighted by atomic mass is 19.2. The molecule has 1 aromatic rings. The van der Waals surface area contributed by atoms with Crippen LogP contribution in [0.2, 0.25) is 0 Å². The molecular weight excluding hydrogens is 215 g/mol. The highest BCUT2D eigenvalue weighted by molar-refractivity contribution is 5.23. The molecule has 0 saturated heterocycles. The van der Waals surface area contributed by atoms with Gasteiger partial charge in [0.2, 0.25) is 0 Å². The molecule has 1 aromatic carbocycles. The maximum Gasteiger partial charge on any atom is 0.163 e. The van der Waals surface area contributed by atoms with E-state index in [-0.39, 0.29) is 5.56 Å². The first-order valence-corrected chi connectivity index (χ1v) is 5.31. The van der Waals surface area contributed by atoms with Crippen molar-refractivity contribution in [1.82, 2.24) is 0 Å². The van der Waals surface area contributed by atoms with Gasteiger partial charge in [-0.15, -0.1) is 0 Å². The average Bonchev–Trinajstić information content (AvgIpc) is 2.19. The Morgan fingerprint density at radius 2 is 1.75 bits per heavy atom. The van der Waals surface area contributed by atoms with Gasteiger partial charge in [0.05, 0.1) is 0 Å². The number of nitrogens with two attached hydrogens (primary N) is 1. The van der Waals surface area contributed by atoms with Crippen molar-refractivity contribution >= 4 is 0 Å². The number of halogens is 3. The Hall–Kier alpha value is -1.03. The molecule has 1 atom stereocenters. The first kappa shape index (κ1) is 13.0. The molecule has 0 fully saturated rings. The van der Waals surface area contributed by atoms with Crippen molar-refractivity contribution in [3.05, 3.63) is 35.1 Å². The van der Waals surface area contributed by atoms with Crippen LogP contribution in [0.25, 0.3) is 0 Å². The summed E-state index contributed by atoms with van der Waals surface area (Å²) in [5.74, 6) is -2.60. The summed E-state index contributed by atoms with van der Waals surface area (Å²) in [6, 6.07) is 0.824. The van der Waals surface area contributed by atoms with E-state index in [1.54, 1.807) is 0 Å². The maximum absolute atomic E-state index is 13.3. The second-order valence-electron chi connectivity index (χ2n) is 4.37. The predicted octanol–water partition coefficient (Wildman–Crippen LogP) is 3.54. The predicted molar refractivity (Wildman–Crippen MR) is 57.3 cm³/mol. The molecular formula is C12H16F3N. The minimum absolute atomic E-state index is 0.0850. The average molecular weight is 231 g/mol. The summed E-state index contributed by atoms with van der Waals surface area (Å²) in [5.41, 5.74) is 5.62. The summed E-state index contributed by atoms with van der Waals surface area (Å²) < 4.78 is 39.2. The molecule has 2 N–H and O–H groups in total. The Balaban J connectivity index is 2.86. The van der Waals surface area contributed by atoms with Gasteiger partial charge < -0.3 is 5.73 Å². The molecule has 0 aliphatic carbocycles. The van der Waals surface area contributed by atoms with E-state index in [0.717, 1.165) is 12.5 Å². The van der Waals surface area contributed by atoms with Gasteiger partial charge in [-0.25, -0.2) is 13.2 Å². The minimum atomic E-state index is -1.19. The summed E-state index contributed by atoms with van der Waals surface area (Å²) >= 11 is 0. The summed E-state index contributed by atoms with van der Waals surface area (Å²) in [7, 11) is 0.